The second-order valence-corrected chi connectivity index (χ2v) is 8.88. The second kappa shape index (κ2) is 7.99. The van der Waals surface area contributed by atoms with Crippen molar-refractivity contribution in [3.8, 4) is 0 Å². The number of anilines is 2. The van der Waals surface area contributed by atoms with Crippen LogP contribution in [0.3, 0.4) is 0 Å². The van der Waals surface area contributed by atoms with Crippen molar-refractivity contribution < 1.29 is 19.0 Å². The molecule has 10 nitrogen and oxygen atoms in total. The Kier molecular flexibility index (Phi) is 5.25. The third kappa shape index (κ3) is 3.70. The van der Waals surface area contributed by atoms with Crippen molar-refractivity contribution in [2.75, 3.05) is 24.8 Å². The molecular formula is C22H28FN7O3. The van der Waals surface area contributed by atoms with Crippen LogP contribution in [-0.4, -0.2) is 74.8 Å². The van der Waals surface area contributed by atoms with E-state index >= 15 is 0 Å². The van der Waals surface area contributed by atoms with E-state index in [0.29, 0.717) is 35.0 Å². The molecular weight excluding hydrogens is 429 g/mol. The highest BCUT2D eigenvalue weighted by atomic mass is 19.1. The molecule has 3 aliphatic rings. The first kappa shape index (κ1) is 21.7. The number of halogens is 1. The molecule has 5 rings (SSSR count). The second-order valence-electron chi connectivity index (χ2n) is 8.88. The summed E-state index contributed by atoms with van der Waals surface area (Å²) in [4.78, 5) is 19.2. The standard InChI is InChI=1S/C22H28FN7O3/c1-22(33-3)7-6-16(22)27-20(31)12-11-25-30-18(24-2)10-17(28-19(12)30)26-14-5-4-8-29(21(14)32)15-9-13(15)23/h4-5,8,10-11,13,15-16,21,24,32H,6-7,9H2,1-3H3,(H,26,28)(H,27,31)/t13-,15?,16+,21?,22+/m1/s1. The Hall–Kier alpha value is -3.18. The molecule has 0 bridgehead atoms. The highest BCUT2D eigenvalue weighted by Gasteiger charge is 2.45. The number of carbonyl (C=O) groups is 1. The van der Waals surface area contributed by atoms with E-state index < -0.39 is 12.4 Å². The lowest BCUT2D eigenvalue weighted by Gasteiger charge is -2.45. The van der Waals surface area contributed by atoms with Gasteiger partial charge in [-0.25, -0.2) is 9.37 Å². The van der Waals surface area contributed by atoms with E-state index in [1.54, 1.807) is 48.0 Å². The van der Waals surface area contributed by atoms with E-state index in [1.807, 2.05) is 6.92 Å². The number of aromatic nitrogens is 3. The Balaban J connectivity index is 1.41. The minimum absolute atomic E-state index is 0.0860. The molecule has 33 heavy (non-hydrogen) atoms. The Morgan fingerprint density at radius 1 is 1.42 bits per heavy atom. The first-order valence-electron chi connectivity index (χ1n) is 11.0. The van der Waals surface area contributed by atoms with E-state index in [1.165, 1.54) is 6.20 Å². The molecule has 2 aromatic heterocycles. The minimum atomic E-state index is -1.02. The summed E-state index contributed by atoms with van der Waals surface area (Å²) in [6.07, 6.45) is 6.81. The molecule has 2 saturated carbocycles. The number of aliphatic hydroxyl groups is 1. The van der Waals surface area contributed by atoms with Crippen LogP contribution in [0, 0.1) is 0 Å². The number of amides is 1. The van der Waals surface area contributed by atoms with Crippen molar-refractivity contribution in [1.29, 1.82) is 0 Å². The fourth-order valence-corrected chi connectivity index (χ4v) is 4.35. The van der Waals surface area contributed by atoms with Crippen molar-refractivity contribution in [3.05, 3.63) is 41.9 Å². The molecule has 5 atom stereocenters. The third-order valence-corrected chi connectivity index (χ3v) is 6.84. The summed E-state index contributed by atoms with van der Waals surface area (Å²) in [5.74, 6) is 0.745. The summed E-state index contributed by atoms with van der Waals surface area (Å²) in [5.41, 5.74) is 0.785. The SMILES string of the molecule is CNc1cc(NC2=CC=CN(C3C[C@H]3F)C2O)nc2c(C(=O)N[C@H]3CC[C@]3(C)OC)cnn12. The number of alkyl halides is 1. The minimum Gasteiger partial charge on any atom is -0.376 e. The van der Waals surface area contributed by atoms with Crippen molar-refractivity contribution >= 4 is 23.2 Å². The monoisotopic (exact) mass is 457 g/mol. The molecule has 4 N–H and O–H groups in total. The van der Waals surface area contributed by atoms with E-state index in [0.717, 1.165) is 12.8 Å². The van der Waals surface area contributed by atoms with Gasteiger partial charge in [-0.05, 0) is 31.9 Å². The highest BCUT2D eigenvalue weighted by molar-refractivity contribution is 6.00. The van der Waals surface area contributed by atoms with Gasteiger partial charge in [0.25, 0.3) is 5.91 Å². The van der Waals surface area contributed by atoms with Gasteiger partial charge in [-0.2, -0.15) is 9.61 Å². The number of rotatable bonds is 7. The Bertz CT molecular complexity index is 1140. The van der Waals surface area contributed by atoms with Gasteiger partial charge >= 0.3 is 0 Å². The van der Waals surface area contributed by atoms with Crippen molar-refractivity contribution in [2.24, 2.45) is 0 Å². The lowest BCUT2D eigenvalue weighted by Crippen LogP contribution is -2.59. The predicted molar refractivity (Wildman–Crippen MR) is 120 cm³/mol. The van der Waals surface area contributed by atoms with Gasteiger partial charge in [-0.1, -0.05) is 0 Å². The van der Waals surface area contributed by atoms with Crippen LogP contribution in [0.1, 0.15) is 36.5 Å². The normalized spacial score (nSPS) is 30.6. The molecule has 11 heteroatoms. The quantitative estimate of drug-likeness (QED) is 0.496. The fraction of sp³-hybridized carbons (Fsp3) is 0.500. The maximum Gasteiger partial charge on any atom is 0.257 e. The van der Waals surface area contributed by atoms with E-state index in [-0.39, 0.29) is 23.6 Å². The molecule has 2 aliphatic carbocycles. The number of fused-ring (bicyclic) bond motifs is 1. The first-order chi connectivity index (χ1) is 15.8. The van der Waals surface area contributed by atoms with Gasteiger partial charge in [0.05, 0.1) is 29.6 Å². The smallest absolute Gasteiger partial charge is 0.257 e. The number of methoxy groups -OCH3 is 1. The van der Waals surface area contributed by atoms with Crippen LogP contribution in [0.5, 0.6) is 0 Å². The largest absolute Gasteiger partial charge is 0.376 e. The topological polar surface area (TPSA) is 116 Å². The lowest BCUT2D eigenvalue weighted by molar-refractivity contribution is -0.0828. The fourth-order valence-electron chi connectivity index (χ4n) is 4.35. The number of ether oxygens (including phenoxy) is 1. The van der Waals surface area contributed by atoms with E-state index in [4.69, 9.17) is 4.74 Å². The van der Waals surface area contributed by atoms with Crippen molar-refractivity contribution in [1.82, 2.24) is 24.8 Å². The van der Waals surface area contributed by atoms with Gasteiger partial charge in [0.2, 0.25) is 0 Å². The van der Waals surface area contributed by atoms with Crippen LogP contribution in [-0.2, 0) is 4.74 Å². The van der Waals surface area contributed by atoms with Gasteiger partial charge in [-0.15, -0.1) is 0 Å². The average Bonchev–Trinajstić information content (AvgIpc) is 3.37. The van der Waals surface area contributed by atoms with Crippen LogP contribution in [0.15, 0.2) is 36.3 Å². The van der Waals surface area contributed by atoms with Gasteiger partial charge in [0.1, 0.15) is 23.4 Å². The van der Waals surface area contributed by atoms with Crippen LogP contribution in [0.2, 0.25) is 0 Å². The zero-order chi connectivity index (χ0) is 23.3. The number of hydrogen-bond donors (Lipinski definition) is 4. The molecule has 0 saturated heterocycles. The third-order valence-electron chi connectivity index (χ3n) is 6.84. The lowest BCUT2D eigenvalue weighted by atomic mass is 9.76. The van der Waals surface area contributed by atoms with E-state index in [2.05, 4.69) is 26.0 Å². The number of carbonyl (C=O) groups excluding carboxylic acids is 1. The molecule has 2 unspecified atom stereocenters. The van der Waals surface area contributed by atoms with Crippen LogP contribution in [0.25, 0.3) is 5.65 Å². The predicted octanol–water partition coefficient (Wildman–Crippen LogP) is 1.62. The van der Waals surface area contributed by atoms with E-state index in [9.17, 15) is 14.3 Å². The van der Waals surface area contributed by atoms with Crippen LogP contribution < -0.4 is 16.0 Å². The number of nitrogens with one attached hydrogen (secondary N) is 3. The molecule has 2 aromatic rings. The Labute approximate surface area is 190 Å². The summed E-state index contributed by atoms with van der Waals surface area (Å²) in [5, 5.41) is 24.2. The zero-order valence-electron chi connectivity index (χ0n) is 18.7. The number of allylic oxidation sites excluding steroid dienone is 2. The highest BCUT2D eigenvalue weighted by Crippen LogP contribution is 2.36. The van der Waals surface area contributed by atoms with Gasteiger partial charge < -0.3 is 30.7 Å². The maximum atomic E-state index is 13.5. The Morgan fingerprint density at radius 2 is 2.21 bits per heavy atom. The zero-order valence-corrected chi connectivity index (χ0v) is 18.7. The van der Waals surface area contributed by atoms with Crippen molar-refractivity contribution in [3.63, 3.8) is 0 Å². The average molecular weight is 458 g/mol. The van der Waals surface area contributed by atoms with Gasteiger partial charge in [0, 0.05) is 32.8 Å². The molecule has 176 valence electrons. The molecule has 3 heterocycles. The molecule has 1 aliphatic heterocycles. The molecule has 0 spiro atoms. The Morgan fingerprint density at radius 3 is 2.85 bits per heavy atom. The summed E-state index contributed by atoms with van der Waals surface area (Å²) < 4.78 is 20.6. The summed E-state index contributed by atoms with van der Waals surface area (Å²) in [6.45, 7) is 1.98. The molecule has 1 amide bonds. The first-order valence-corrected chi connectivity index (χ1v) is 11.0. The maximum absolute atomic E-state index is 13.5. The van der Waals surface area contributed by atoms with Crippen LogP contribution in [0.4, 0.5) is 16.0 Å². The number of nitrogens with zero attached hydrogens (tertiary/aromatic N) is 4. The number of aliphatic hydroxyl groups excluding tert-OH is 1. The summed E-state index contributed by atoms with van der Waals surface area (Å²) in [7, 11) is 3.39. The van der Waals surface area contributed by atoms with Crippen LogP contribution >= 0.6 is 0 Å². The van der Waals surface area contributed by atoms with Gasteiger partial charge in [-0.3, -0.25) is 4.79 Å². The summed E-state index contributed by atoms with van der Waals surface area (Å²) >= 11 is 0. The molecule has 0 aromatic carbocycles. The molecule has 0 radical (unpaired) electrons. The van der Waals surface area contributed by atoms with Crippen molar-refractivity contribution in [2.45, 2.75) is 56.3 Å². The van der Waals surface area contributed by atoms with Gasteiger partial charge in [0.15, 0.2) is 11.9 Å². The number of hydrogen-bond acceptors (Lipinski definition) is 8. The summed E-state index contributed by atoms with van der Waals surface area (Å²) in [6, 6.07) is 1.32. The molecule has 2 fully saturated rings.